The predicted octanol–water partition coefficient (Wildman–Crippen LogP) is 0.228. The number of nitrogens with zero attached hydrogens (tertiary/aromatic N) is 2. The number of rotatable bonds is 3. The molecule has 0 atom stereocenters. The van der Waals surface area contributed by atoms with Gasteiger partial charge in [0.15, 0.2) is 0 Å². The van der Waals surface area contributed by atoms with Crippen LogP contribution in [0.3, 0.4) is 0 Å². The Balaban J connectivity index is 1.78. The molecule has 2 aliphatic rings. The SMILES string of the molecule is Cc1ccc(C)c(S(=O)(=O)N2CC(N3C(=O)CNC3=O)C2)c1. The van der Waals surface area contributed by atoms with Gasteiger partial charge in [-0.15, -0.1) is 0 Å². The number of amides is 3. The van der Waals surface area contributed by atoms with Crippen LogP contribution < -0.4 is 5.32 Å². The summed E-state index contributed by atoms with van der Waals surface area (Å²) in [6.07, 6.45) is 0. The summed E-state index contributed by atoms with van der Waals surface area (Å²) >= 11 is 0. The molecule has 2 aliphatic heterocycles. The summed E-state index contributed by atoms with van der Waals surface area (Å²) in [7, 11) is -3.59. The zero-order valence-corrected chi connectivity index (χ0v) is 13.2. The predicted molar refractivity (Wildman–Crippen MR) is 78.7 cm³/mol. The van der Waals surface area contributed by atoms with Gasteiger partial charge in [-0.3, -0.25) is 9.69 Å². The largest absolute Gasteiger partial charge is 0.329 e. The minimum Gasteiger partial charge on any atom is -0.329 e. The average molecular weight is 323 g/mol. The minimum absolute atomic E-state index is 0.0148. The quantitative estimate of drug-likeness (QED) is 0.807. The maximum absolute atomic E-state index is 12.6. The van der Waals surface area contributed by atoms with E-state index in [-0.39, 0.29) is 36.5 Å². The summed E-state index contributed by atoms with van der Waals surface area (Å²) < 4.78 is 26.6. The molecule has 0 unspecified atom stereocenters. The highest BCUT2D eigenvalue weighted by Gasteiger charge is 2.45. The molecule has 1 aromatic carbocycles. The molecule has 2 fully saturated rings. The van der Waals surface area contributed by atoms with Crippen LogP contribution in [0.25, 0.3) is 0 Å². The fourth-order valence-corrected chi connectivity index (χ4v) is 4.53. The summed E-state index contributed by atoms with van der Waals surface area (Å²) in [5.41, 5.74) is 1.55. The van der Waals surface area contributed by atoms with Crippen LogP contribution >= 0.6 is 0 Å². The van der Waals surface area contributed by atoms with Crippen molar-refractivity contribution < 1.29 is 18.0 Å². The van der Waals surface area contributed by atoms with E-state index in [0.29, 0.717) is 5.56 Å². The smallest absolute Gasteiger partial charge is 0.324 e. The lowest BCUT2D eigenvalue weighted by Crippen LogP contribution is -2.62. The monoisotopic (exact) mass is 323 g/mol. The van der Waals surface area contributed by atoms with E-state index in [9.17, 15) is 18.0 Å². The van der Waals surface area contributed by atoms with E-state index in [1.54, 1.807) is 19.1 Å². The first-order chi connectivity index (χ1) is 10.3. The first-order valence-electron chi connectivity index (χ1n) is 6.98. The van der Waals surface area contributed by atoms with Crippen LogP contribution in [0, 0.1) is 13.8 Å². The van der Waals surface area contributed by atoms with Crippen molar-refractivity contribution in [3.8, 4) is 0 Å². The van der Waals surface area contributed by atoms with Crippen LogP contribution in [0.1, 0.15) is 11.1 Å². The molecule has 2 saturated heterocycles. The van der Waals surface area contributed by atoms with Crippen molar-refractivity contribution in [2.75, 3.05) is 19.6 Å². The Morgan fingerprint density at radius 2 is 1.86 bits per heavy atom. The lowest BCUT2D eigenvalue weighted by atomic mass is 10.1. The molecule has 1 aromatic rings. The average Bonchev–Trinajstić information content (AvgIpc) is 2.71. The van der Waals surface area contributed by atoms with Crippen LogP contribution in [-0.2, 0) is 14.8 Å². The number of carbonyl (C=O) groups excluding carboxylic acids is 2. The number of imide groups is 1. The number of carbonyl (C=O) groups is 2. The molecule has 0 radical (unpaired) electrons. The van der Waals surface area contributed by atoms with Crippen molar-refractivity contribution in [1.29, 1.82) is 0 Å². The van der Waals surface area contributed by atoms with Gasteiger partial charge in [-0.1, -0.05) is 12.1 Å². The van der Waals surface area contributed by atoms with Crippen molar-refractivity contribution in [2.45, 2.75) is 24.8 Å². The number of sulfonamides is 1. The van der Waals surface area contributed by atoms with E-state index in [2.05, 4.69) is 5.32 Å². The van der Waals surface area contributed by atoms with Crippen molar-refractivity contribution in [3.63, 3.8) is 0 Å². The molecule has 118 valence electrons. The molecule has 3 rings (SSSR count). The summed E-state index contributed by atoms with van der Waals surface area (Å²) in [5.74, 6) is -0.307. The minimum atomic E-state index is -3.59. The summed E-state index contributed by atoms with van der Waals surface area (Å²) in [6, 6.07) is 4.46. The Labute approximate surface area is 128 Å². The van der Waals surface area contributed by atoms with E-state index >= 15 is 0 Å². The third-order valence-electron chi connectivity index (χ3n) is 4.03. The molecule has 0 aliphatic carbocycles. The number of nitrogens with one attached hydrogen (secondary N) is 1. The standard InChI is InChI=1S/C14H17N3O4S/c1-9-3-4-10(2)12(5-9)22(20,21)16-7-11(8-16)17-13(18)6-15-14(17)19/h3-5,11H,6-8H2,1-2H3,(H,15,19). The van der Waals surface area contributed by atoms with Crippen molar-refractivity contribution >= 4 is 22.0 Å². The maximum Gasteiger partial charge on any atom is 0.324 e. The van der Waals surface area contributed by atoms with Gasteiger partial charge < -0.3 is 5.32 Å². The number of hydrogen-bond donors (Lipinski definition) is 1. The fourth-order valence-electron chi connectivity index (χ4n) is 2.70. The molecule has 1 N–H and O–H groups in total. The molecular formula is C14H17N3O4S. The zero-order chi connectivity index (χ0) is 16.1. The highest BCUT2D eigenvalue weighted by Crippen LogP contribution is 2.27. The van der Waals surface area contributed by atoms with Gasteiger partial charge in [-0.05, 0) is 31.0 Å². The molecular weight excluding hydrogens is 306 g/mol. The van der Waals surface area contributed by atoms with Gasteiger partial charge in [-0.2, -0.15) is 4.31 Å². The van der Waals surface area contributed by atoms with Gasteiger partial charge in [0.2, 0.25) is 15.9 Å². The van der Waals surface area contributed by atoms with Crippen LogP contribution in [0.4, 0.5) is 4.79 Å². The molecule has 22 heavy (non-hydrogen) atoms. The second-order valence-electron chi connectivity index (χ2n) is 5.67. The van der Waals surface area contributed by atoms with E-state index in [4.69, 9.17) is 0 Å². The van der Waals surface area contributed by atoms with E-state index in [1.807, 2.05) is 13.0 Å². The summed E-state index contributed by atoms with van der Waals surface area (Å²) in [6.45, 7) is 3.87. The fraction of sp³-hybridized carbons (Fsp3) is 0.429. The summed E-state index contributed by atoms with van der Waals surface area (Å²) in [4.78, 5) is 24.6. The highest BCUT2D eigenvalue weighted by atomic mass is 32.2. The molecule has 7 nitrogen and oxygen atoms in total. The van der Waals surface area contributed by atoms with Crippen LogP contribution in [0.5, 0.6) is 0 Å². The molecule has 0 bridgehead atoms. The third-order valence-corrected chi connectivity index (χ3v) is 6.01. The Morgan fingerprint density at radius 1 is 1.18 bits per heavy atom. The van der Waals surface area contributed by atoms with E-state index in [1.165, 1.54) is 4.31 Å². The number of aryl methyl sites for hydroxylation is 2. The van der Waals surface area contributed by atoms with Gasteiger partial charge in [0.25, 0.3) is 0 Å². The molecule has 2 heterocycles. The molecule has 8 heteroatoms. The topological polar surface area (TPSA) is 86.8 Å². The number of hydrogen-bond acceptors (Lipinski definition) is 4. The lowest BCUT2D eigenvalue weighted by Gasteiger charge is -2.41. The van der Waals surface area contributed by atoms with E-state index in [0.717, 1.165) is 10.5 Å². The zero-order valence-electron chi connectivity index (χ0n) is 12.4. The second kappa shape index (κ2) is 5.06. The molecule has 0 aromatic heterocycles. The Hall–Kier alpha value is -1.93. The van der Waals surface area contributed by atoms with Gasteiger partial charge >= 0.3 is 6.03 Å². The second-order valence-corrected chi connectivity index (χ2v) is 7.57. The van der Waals surface area contributed by atoms with Crippen LogP contribution in [0.2, 0.25) is 0 Å². The normalized spacial score (nSPS) is 20.2. The Kier molecular flexibility index (Phi) is 3.45. The Bertz CT molecular complexity index is 737. The van der Waals surface area contributed by atoms with Crippen LogP contribution in [-0.4, -0.2) is 55.2 Å². The first-order valence-corrected chi connectivity index (χ1v) is 8.42. The van der Waals surface area contributed by atoms with Crippen molar-refractivity contribution in [3.05, 3.63) is 29.3 Å². The third kappa shape index (κ3) is 2.28. The summed E-state index contributed by atoms with van der Waals surface area (Å²) in [5, 5.41) is 2.44. The Morgan fingerprint density at radius 3 is 2.45 bits per heavy atom. The van der Waals surface area contributed by atoms with Crippen molar-refractivity contribution in [2.24, 2.45) is 0 Å². The lowest BCUT2D eigenvalue weighted by molar-refractivity contribution is -0.128. The van der Waals surface area contributed by atoms with Gasteiger partial charge in [0.1, 0.15) is 0 Å². The molecule has 3 amide bonds. The number of benzene rings is 1. The van der Waals surface area contributed by atoms with Gasteiger partial charge in [-0.25, -0.2) is 13.2 Å². The molecule has 0 spiro atoms. The van der Waals surface area contributed by atoms with Gasteiger partial charge in [0, 0.05) is 13.1 Å². The van der Waals surface area contributed by atoms with Crippen LogP contribution in [0.15, 0.2) is 23.1 Å². The maximum atomic E-state index is 12.6. The van der Waals surface area contributed by atoms with Gasteiger partial charge in [0.05, 0.1) is 17.5 Å². The van der Waals surface area contributed by atoms with Crippen molar-refractivity contribution in [1.82, 2.24) is 14.5 Å². The number of urea groups is 1. The molecule has 0 saturated carbocycles. The van der Waals surface area contributed by atoms with E-state index < -0.39 is 16.1 Å². The first kappa shape index (κ1) is 15.0. The highest BCUT2D eigenvalue weighted by molar-refractivity contribution is 7.89.